The third kappa shape index (κ3) is 3.68. The van der Waals surface area contributed by atoms with Crippen LogP contribution >= 0.6 is 11.6 Å². The number of halogens is 1. The molecule has 0 saturated carbocycles. The number of hydrogen-bond donors (Lipinski definition) is 2. The number of nitrogens with one attached hydrogen (secondary N) is 2. The second-order valence-electron chi connectivity index (χ2n) is 5.69. The van der Waals surface area contributed by atoms with Gasteiger partial charge in [-0.1, -0.05) is 11.6 Å². The fourth-order valence-electron chi connectivity index (χ4n) is 2.75. The van der Waals surface area contributed by atoms with Crippen LogP contribution in [-0.2, 0) is 16.4 Å². The molecule has 25 heavy (non-hydrogen) atoms. The van der Waals surface area contributed by atoms with Gasteiger partial charge in [0.2, 0.25) is 0 Å². The Labute approximate surface area is 152 Å². The summed E-state index contributed by atoms with van der Waals surface area (Å²) >= 11 is 5.84. The molecule has 2 aromatic carbocycles. The standard InChI is InChI=1S/C17H19ClN2O4S/c1-19-13-9-14-15(23-2)7-8-16(17(14)24-10-13)25(21,22)20-12-5-3-11(18)4-6-12/h3-8,13,19-20H,9-10H2,1-2H3. The summed E-state index contributed by atoms with van der Waals surface area (Å²) in [7, 11) is -0.415. The highest BCUT2D eigenvalue weighted by molar-refractivity contribution is 7.92. The maximum absolute atomic E-state index is 12.8. The van der Waals surface area contributed by atoms with Crippen LogP contribution in [-0.4, -0.2) is 35.2 Å². The summed E-state index contributed by atoms with van der Waals surface area (Å²) in [5.74, 6) is 0.952. The molecule has 1 heterocycles. The summed E-state index contributed by atoms with van der Waals surface area (Å²) < 4.78 is 39.3. The molecule has 3 rings (SSSR count). The van der Waals surface area contributed by atoms with Crippen molar-refractivity contribution < 1.29 is 17.9 Å². The van der Waals surface area contributed by atoms with Crippen molar-refractivity contribution in [3.63, 3.8) is 0 Å². The maximum Gasteiger partial charge on any atom is 0.265 e. The lowest BCUT2D eigenvalue weighted by molar-refractivity contribution is 0.235. The third-order valence-corrected chi connectivity index (χ3v) is 5.73. The van der Waals surface area contributed by atoms with Crippen molar-refractivity contribution in [1.82, 2.24) is 5.32 Å². The van der Waals surface area contributed by atoms with E-state index in [9.17, 15) is 8.42 Å². The molecule has 1 unspecified atom stereocenters. The second kappa shape index (κ2) is 7.11. The molecule has 0 radical (unpaired) electrons. The van der Waals surface area contributed by atoms with Crippen LogP contribution in [0.1, 0.15) is 5.56 Å². The van der Waals surface area contributed by atoms with Crippen LogP contribution in [0.25, 0.3) is 0 Å². The summed E-state index contributed by atoms with van der Waals surface area (Å²) in [6.45, 7) is 0.389. The molecule has 134 valence electrons. The van der Waals surface area contributed by atoms with Gasteiger partial charge < -0.3 is 14.8 Å². The molecule has 0 spiro atoms. The summed E-state index contributed by atoms with van der Waals surface area (Å²) in [6, 6.07) is 9.70. The lowest BCUT2D eigenvalue weighted by Crippen LogP contribution is -2.37. The number of sulfonamides is 1. The number of anilines is 1. The molecule has 1 aliphatic rings. The Kier molecular flexibility index (Phi) is 5.08. The minimum atomic E-state index is -3.81. The molecule has 0 fully saturated rings. The minimum absolute atomic E-state index is 0.0906. The molecule has 2 N–H and O–H groups in total. The normalized spacial score (nSPS) is 16.7. The van der Waals surface area contributed by atoms with Crippen LogP contribution in [0, 0.1) is 0 Å². The number of benzene rings is 2. The number of hydrogen-bond acceptors (Lipinski definition) is 5. The van der Waals surface area contributed by atoms with Crippen molar-refractivity contribution in [2.45, 2.75) is 17.4 Å². The van der Waals surface area contributed by atoms with Gasteiger partial charge in [0.1, 0.15) is 23.0 Å². The van der Waals surface area contributed by atoms with E-state index in [1.165, 1.54) is 6.07 Å². The summed E-state index contributed by atoms with van der Waals surface area (Å²) in [6.07, 6.45) is 0.624. The Morgan fingerprint density at radius 3 is 2.56 bits per heavy atom. The highest BCUT2D eigenvalue weighted by Crippen LogP contribution is 2.39. The quantitative estimate of drug-likeness (QED) is 0.831. The van der Waals surface area contributed by atoms with Crippen LogP contribution < -0.4 is 19.5 Å². The Hall–Kier alpha value is -1.96. The summed E-state index contributed by atoms with van der Waals surface area (Å²) in [5, 5.41) is 3.67. The first-order valence-corrected chi connectivity index (χ1v) is 9.59. The molecule has 1 aliphatic heterocycles. The number of likely N-dealkylation sites (N-methyl/N-ethyl adjacent to an activating group) is 1. The van der Waals surface area contributed by atoms with Gasteiger partial charge in [0.25, 0.3) is 10.0 Å². The molecular formula is C17H19ClN2O4S. The zero-order chi connectivity index (χ0) is 18.0. The largest absolute Gasteiger partial charge is 0.496 e. The predicted octanol–water partition coefficient (Wildman–Crippen LogP) is 2.67. The zero-order valence-electron chi connectivity index (χ0n) is 13.9. The van der Waals surface area contributed by atoms with Gasteiger partial charge in [-0.3, -0.25) is 4.72 Å². The van der Waals surface area contributed by atoms with E-state index in [4.69, 9.17) is 21.1 Å². The number of rotatable bonds is 5. The number of ether oxygens (including phenoxy) is 2. The van der Waals surface area contributed by atoms with E-state index >= 15 is 0 Å². The Morgan fingerprint density at radius 2 is 1.92 bits per heavy atom. The van der Waals surface area contributed by atoms with Crippen LogP contribution in [0.4, 0.5) is 5.69 Å². The monoisotopic (exact) mass is 382 g/mol. The van der Waals surface area contributed by atoms with E-state index in [1.807, 2.05) is 7.05 Å². The summed E-state index contributed by atoms with van der Waals surface area (Å²) in [5.41, 5.74) is 1.17. The average Bonchev–Trinajstić information content (AvgIpc) is 2.61. The van der Waals surface area contributed by atoms with Crippen LogP contribution in [0.5, 0.6) is 11.5 Å². The van der Waals surface area contributed by atoms with Gasteiger partial charge in [-0.05, 0) is 49.9 Å². The van der Waals surface area contributed by atoms with Crippen LogP contribution in [0.15, 0.2) is 41.3 Å². The van der Waals surface area contributed by atoms with Gasteiger partial charge in [-0.15, -0.1) is 0 Å². The lowest BCUT2D eigenvalue weighted by Gasteiger charge is -2.28. The highest BCUT2D eigenvalue weighted by atomic mass is 35.5. The van der Waals surface area contributed by atoms with E-state index in [0.717, 1.165) is 5.56 Å². The predicted molar refractivity (Wildman–Crippen MR) is 97.3 cm³/mol. The fraction of sp³-hybridized carbons (Fsp3) is 0.294. The number of methoxy groups -OCH3 is 1. The van der Waals surface area contributed by atoms with Crippen molar-refractivity contribution in [2.75, 3.05) is 25.5 Å². The molecule has 6 nitrogen and oxygen atoms in total. The maximum atomic E-state index is 12.8. The third-order valence-electron chi connectivity index (χ3n) is 4.07. The van der Waals surface area contributed by atoms with E-state index in [0.29, 0.717) is 35.2 Å². The average molecular weight is 383 g/mol. The molecule has 0 amide bonds. The van der Waals surface area contributed by atoms with E-state index in [1.54, 1.807) is 37.4 Å². The first-order chi connectivity index (χ1) is 11.9. The molecule has 2 aromatic rings. The van der Waals surface area contributed by atoms with E-state index in [2.05, 4.69) is 10.0 Å². The molecular weight excluding hydrogens is 364 g/mol. The molecule has 0 aromatic heterocycles. The van der Waals surface area contributed by atoms with Gasteiger partial charge in [0.15, 0.2) is 0 Å². The summed E-state index contributed by atoms with van der Waals surface area (Å²) in [4.78, 5) is 0.0906. The number of fused-ring (bicyclic) bond motifs is 1. The van der Waals surface area contributed by atoms with E-state index in [-0.39, 0.29) is 10.9 Å². The van der Waals surface area contributed by atoms with Crippen LogP contribution in [0.3, 0.4) is 0 Å². The van der Waals surface area contributed by atoms with Crippen molar-refractivity contribution >= 4 is 27.3 Å². The SMILES string of the molecule is CNC1COc2c(S(=O)(=O)Nc3ccc(Cl)cc3)ccc(OC)c2C1. The van der Waals surface area contributed by atoms with Gasteiger partial charge in [-0.25, -0.2) is 8.42 Å². The first-order valence-electron chi connectivity index (χ1n) is 7.73. The molecule has 0 bridgehead atoms. The Bertz CT molecular complexity index is 869. The first kappa shape index (κ1) is 17.8. The van der Waals surface area contributed by atoms with Crippen molar-refractivity contribution in [3.8, 4) is 11.5 Å². The Balaban J connectivity index is 2.00. The zero-order valence-corrected chi connectivity index (χ0v) is 15.4. The van der Waals surface area contributed by atoms with Crippen molar-refractivity contribution in [2.24, 2.45) is 0 Å². The van der Waals surface area contributed by atoms with Crippen molar-refractivity contribution in [1.29, 1.82) is 0 Å². The minimum Gasteiger partial charge on any atom is -0.496 e. The highest BCUT2D eigenvalue weighted by Gasteiger charge is 2.29. The van der Waals surface area contributed by atoms with E-state index < -0.39 is 10.0 Å². The second-order valence-corrected chi connectivity index (χ2v) is 7.77. The Morgan fingerprint density at radius 1 is 1.20 bits per heavy atom. The fourth-order valence-corrected chi connectivity index (χ4v) is 4.10. The molecule has 0 saturated heterocycles. The van der Waals surface area contributed by atoms with Crippen molar-refractivity contribution in [3.05, 3.63) is 47.0 Å². The topological polar surface area (TPSA) is 76.7 Å². The van der Waals surface area contributed by atoms with Gasteiger partial charge in [0.05, 0.1) is 7.11 Å². The van der Waals surface area contributed by atoms with Gasteiger partial charge in [0, 0.05) is 22.3 Å². The van der Waals surface area contributed by atoms with Gasteiger partial charge in [-0.2, -0.15) is 0 Å². The van der Waals surface area contributed by atoms with Gasteiger partial charge >= 0.3 is 0 Å². The molecule has 1 atom stereocenters. The smallest absolute Gasteiger partial charge is 0.265 e. The molecule has 0 aliphatic carbocycles. The van der Waals surface area contributed by atoms with Crippen LogP contribution in [0.2, 0.25) is 5.02 Å². The molecule has 8 heteroatoms. The lowest BCUT2D eigenvalue weighted by atomic mass is 10.0.